The topological polar surface area (TPSA) is 62.5 Å². The molecule has 5 nitrogen and oxygen atoms in total. The van der Waals surface area contributed by atoms with Gasteiger partial charge in [-0.3, -0.25) is 0 Å². The van der Waals surface area contributed by atoms with E-state index in [1.54, 1.807) is 11.3 Å². The average molecular weight is 387 g/mol. The Kier molecular flexibility index (Phi) is 4.80. The first-order valence-corrected chi connectivity index (χ1v) is 9.75. The van der Waals surface area contributed by atoms with Gasteiger partial charge in [0.1, 0.15) is 11.5 Å². The van der Waals surface area contributed by atoms with Crippen LogP contribution in [0.4, 0.5) is 5.82 Å². The Morgan fingerprint density at radius 1 is 1.23 bits per heavy atom. The first-order chi connectivity index (χ1) is 12.7. The zero-order valence-corrected chi connectivity index (χ0v) is 15.9. The van der Waals surface area contributed by atoms with Gasteiger partial charge in [-0.15, -0.1) is 16.4 Å². The summed E-state index contributed by atoms with van der Waals surface area (Å²) in [5.41, 5.74) is 2.99. The van der Waals surface area contributed by atoms with Crippen molar-refractivity contribution in [2.45, 2.75) is 19.8 Å². The molecule has 2 N–H and O–H groups in total. The van der Waals surface area contributed by atoms with Crippen LogP contribution in [0.5, 0.6) is 0 Å². The summed E-state index contributed by atoms with van der Waals surface area (Å²) < 4.78 is 3.09. The lowest BCUT2D eigenvalue weighted by atomic mass is 10.1. The van der Waals surface area contributed by atoms with Crippen molar-refractivity contribution in [3.05, 3.63) is 47.1 Å². The molecule has 4 rings (SSSR count). The Bertz CT molecular complexity index is 1070. The van der Waals surface area contributed by atoms with Gasteiger partial charge in [-0.1, -0.05) is 11.6 Å². The first-order valence-electron chi connectivity index (χ1n) is 8.56. The number of aliphatic hydroxyl groups is 1. The average Bonchev–Trinajstić information content (AvgIpc) is 3.20. The number of aromatic nitrogens is 3. The maximum absolute atomic E-state index is 8.88. The van der Waals surface area contributed by atoms with Gasteiger partial charge in [0.15, 0.2) is 5.65 Å². The minimum Gasteiger partial charge on any atom is -0.396 e. The van der Waals surface area contributed by atoms with Crippen LogP contribution in [0.25, 0.3) is 26.3 Å². The van der Waals surface area contributed by atoms with E-state index < -0.39 is 0 Å². The number of imidazole rings is 1. The molecule has 0 atom stereocenters. The molecular weight excluding hydrogens is 368 g/mol. The predicted molar refractivity (Wildman–Crippen MR) is 108 cm³/mol. The minimum absolute atomic E-state index is 0.217. The minimum atomic E-state index is 0.217. The van der Waals surface area contributed by atoms with E-state index in [-0.39, 0.29) is 6.61 Å². The summed E-state index contributed by atoms with van der Waals surface area (Å²) in [5, 5.41) is 18.8. The van der Waals surface area contributed by atoms with E-state index in [9.17, 15) is 0 Å². The van der Waals surface area contributed by atoms with E-state index in [0.29, 0.717) is 0 Å². The zero-order chi connectivity index (χ0) is 18.1. The second-order valence-electron chi connectivity index (χ2n) is 6.19. The number of aryl methyl sites for hydroxylation is 1. The van der Waals surface area contributed by atoms with E-state index in [0.717, 1.165) is 46.4 Å². The van der Waals surface area contributed by atoms with Crippen molar-refractivity contribution in [2.75, 3.05) is 18.5 Å². The number of halogens is 1. The summed E-state index contributed by atoms with van der Waals surface area (Å²) in [4.78, 5) is 5.65. The normalized spacial score (nSPS) is 11.5. The third-order valence-corrected chi connectivity index (χ3v) is 5.91. The molecule has 1 aromatic carbocycles. The molecule has 3 aromatic heterocycles. The van der Waals surface area contributed by atoms with Gasteiger partial charge in [-0.05, 0) is 61.0 Å². The molecule has 0 bridgehead atoms. The zero-order valence-electron chi connectivity index (χ0n) is 14.4. The Morgan fingerprint density at radius 2 is 2.12 bits per heavy atom. The molecule has 7 heteroatoms. The monoisotopic (exact) mass is 386 g/mol. The van der Waals surface area contributed by atoms with Crippen LogP contribution < -0.4 is 5.32 Å². The van der Waals surface area contributed by atoms with Crippen molar-refractivity contribution >= 4 is 44.5 Å². The molecule has 134 valence electrons. The molecule has 0 saturated carbocycles. The van der Waals surface area contributed by atoms with Gasteiger partial charge in [0.05, 0.1) is 11.1 Å². The second kappa shape index (κ2) is 7.23. The van der Waals surface area contributed by atoms with Crippen molar-refractivity contribution in [1.82, 2.24) is 14.6 Å². The van der Waals surface area contributed by atoms with Gasteiger partial charge < -0.3 is 10.4 Å². The molecule has 0 amide bonds. The van der Waals surface area contributed by atoms with Crippen LogP contribution in [0.15, 0.2) is 36.5 Å². The number of benzene rings is 1. The van der Waals surface area contributed by atoms with Crippen LogP contribution in [-0.4, -0.2) is 32.9 Å². The predicted octanol–water partition coefficient (Wildman–Crippen LogP) is 4.76. The number of nitrogens with zero attached hydrogens (tertiary/aromatic N) is 3. The highest BCUT2D eigenvalue weighted by Gasteiger charge is 2.15. The van der Waals surface area contributed by atoms with Gasteiger partial charge >= 0.3 is 0 Å². The number of rotatable bonds is 6. The fraction of sp³-hybridized carbons (Fsp3) is 0.263. The fourth-order valence-corrected chi connectivity index (χ4v) is 4.37. The standard InChI is InChI=1S/C19H19ClN4OS/c1-12-14-10-13(20)4-5-16(14)26-19(12)15-11-22-18-7-6-17(23-24(15)18)21-8-2-3-9-25/h4-7,10-11,25H,2-3,8-9H2,1H3,(H,21,23). The Balaban J connectivity index is 1.73. The van der Waals surface area contributed by atoms with Crippen molar-refractivity contribution in [3.63, 3.8) is 0 Å². The Labute approximate surface area is 160 Å². The lowest BCUT2D eigenvalue weighted by molar-refractivity contribution is 0.286. The summed E-state index contributed by atoms with van der Waals surface area (Å²) in [6.07, 6.45) is 3.56. The lowest BCUT2D eigenvalue weighted by Gasteiger charge is -2.06. The quantitative estimate of drug-likeness (QED) is 0.469. The number of hydrogen-bond acceptors (Lipinski definition) is 5. The molecule has 0 spiro atoms. The van der Waals surface area contributed by atoms with E-state index in [1.807, 2.05) is 35.0 Å². The Hall–Kier alpha value is -2.15. The molecule has 4 aromatic rings. The summed E-state index contributed by atoms with van der Waals surface area (Å²) >= 11 is 7.89. The van der Waals surface area contributed by atoms with Gasteiger partial charge in [0.25, 0.3) is 0 Å². The summed E-state index contributed by atoms with van der Waals surface area (Å²) in [7, 11) is 0. The number of anilines is 1. The molecular formula is C19H19ClN4OS. The largest absolute Gasteiger partial charge is 0.396 e. The molecule has 0 aliphatic heterocycles. The molecule has 0 saturated heterocycles. The summed E-state index contributed by atoms with van der Waals surface area (Å²) in [6, 6.07) is 9.89. The molecule has 0 fully saturated rings. The number of unbranched alkanes of at least 4 members (excludes halogenated alkanes) is 1. The first kappa shape index (κ1) is 17.3. The fourth-order valence-electron chi connectivity index (χ4n) is 3.01. The van der Waals surface area contributed by atoms with Crippen LogP contribution in [0.1, 0.15) is 18.4 Å². The SMILES string of the molecule is Cc1c(-c2cnc3ccc(NCCCCO)nn23)sc2ccc(Cl)cc12. The molecule has 0 unspecified atom stereocenters. The number of fused-ring (bicyclic) bond motifs is 2. The molecule has 0 radical (unpaired) electrons. The highest BCUT2D eigenvalue weighted by atomic mass is 35.5. The number of nitrogens with one attached hydrogen (secondary N) is 1. The van der Waals surface area contributed by atoms with Crippen LogP contribution in [0.2, 0.25) is 5.02 Å². The Morgan fingerprint density at radius 3 is 2.96 bits per heavy atom. The lowest BCUT2D eigenvalue weighted by Crippen LogP contribution is -2.06. The smallest absolute Gasteiger partial charge is 0.154 e. The highest BCUT2D eigenvalue weighted by molar-refractivity contribution is 7.22. The van der Waals surface area contributed by atoms with Gasteiger partial charge in [0.2, 0.25) is 0 Å². The molecule has 26 heavy (non-hydrogen) atoms. The van der Waals surface area contributed by atoms with E-state index >= 15 is 0 Å². The van der Waals surface area contributed by atoms with E-state index in [2.05, 4.69) is 23.3 Å². The summed E-state index contributed by atoms with van der Waals surface area (Å²) in [5.74, 6) is 0.802. The van der Waals surface area contributed by atoms with Crippen molar-refractivity contribution in [1.29, 1.82) is 0 Å². The molecule has 0 aliphatic carbocycles. The highest BCUT2D eigenvalue weighted by Crippen LogP contribution is 2.39. The second-order valence-corrected chi connectivity index (χ2v) is 7.67. The van der Waals surface area contributed by atoms with Gasteiger partial charge in [-0.2, -0.15) is 0 Å². The number of hydrogen-bond donors (Lipinski definition) is 2. The van der Waals surface area contributed by atoms with Crippen LogP contribution in [0, 0.1) is 6.92 Å². The number of aliphatic hydroxyl groups excluding tert-OH is 1. The van der Waals surface area contributed by atoms with E-state index in [1.165, 1.54) is 15.6 Å². The third kappa shape index (κ3) is 3.16. The summed E-state index contributed by atoms with van der Waals surface area (Å²) in [6.45, 7) is 3.11. The van der Waals surface area contributed by atoms with Crippen LogP contribution >= 0.6 is 22.9 Å². The maximum Gasteiger partial charge on any atom is 0.154 e. The maximum atomic E-state index is 8.88. The molecule has 0 aliphatic rings. The van der Waals surface area contributed by atoms with Crippen molar-refractivity contribution < 1.29 is 5.11 Å². The van der Waals surface area contributed by atoms with Crippen LogP contribution in [0.3, 0.4) is 0 Å². The van der Waals surface area contributed by atoms with Gasteiger partial charge in [-0.25, -0.2) is 9.50 Å². The van der Waals surface area contributed by atoms with Crippen LogP contribution in [-0.2, 0) is 0 Å². The van der Waals surface area contributed by atoms with Crippen molar-refractivity contribution in [2.24, 2.45) is 0 Å². The third-order valence-electron chi connectivity index (χ3n) is 4.38. The number of thiophene rings is 1. The van der Waals surface area contributed by atoms with Crippen molar-refractivity contribution in [3.8, 4) is 10.6 Å². The van der Waals surface area contributed by atoms with E-state index in [4.69, 9.17) is 21.8 Å². The van der Waals surface area contributed by atoms with Gasteiger partial charge in [0, 0.05) is 22.9 Å². The molecule has 3 heterocycles.